The molecule has 0 spiro atoms. The molecule has 5 rings (SSSR count). The molecule has 0 atom stereocenters. The van der Waals surface area contributed by atoms with Crippen molar-refractivity contribution >= 4 is 61.1 Å². The lowest BCUT2D eigenvalue weighted by atomic mass is 9.78. The van der Waals surface area contributed by atoms with Gasteiger partial charge in [-0.05, 0) is 91.4 Å². The van der Waals surface area contributed by atoms with Gasteiger partial charge in [0.1, 0.15) is 11.5 Å². The molecule has 4 aromatic rings. The first-order valence-electron chi connectivity index (χ1n) is 13.8. The number of halogens is 4. The summed E-state index contributed by atoms with van der Waals surface area (Å²) in [6.07, 6.45) is -4.47. The number of hydrogen-bond acceptors (Lipinski definition) is 7. The van der Waals surface area contributed by atoms with Crippen molar-refractivity contribution in [2.24, 2.45) is 0 Å². The molecule has 0 bridgehead atoms. The second-order valence-corrected chi connectivity index (χ2v) is 15.0. The number of alkyl halides is 3. The van der Waals surface area contributed by atoms with E-state index in [0.717, 1.165) is 10.1 Å². The van der Waals surface area contributed by atoms with E-state index in [2.05, 4.69) is 10.1 Å². The van der Waals surface area contributed by atoms with Gasteiger partial charge in [0.25, 0.3) is 5.91 Å². The fraction of sp³-hybridized carbons (Fsp3) is 0.323. The molecular formula is C31H32ClF3N2O5S2. The lowest BCUT2D eigenvalue weighted by Crippen LogP contribution is -2.22. The summed E-state index contributed by atoms with van der Waals surface area (Å²) in [4.78, 5) is 13.8. The first kappa shape index (κ1) is 32.2. The van der Waals surface area contributed by atoms with E-state index in [1.54, 1.807) is 48.5 Å². The molecule has 1 saturated heterocycles. The van der Waals surface area contributed by atoms with Gasteiger partial charge in [0.2, 0.25) is 0 Å². The van der Waals surface area contributed by atoms with Crippen LogP contribution in [0.4, 0.5) is 24.5 Å². The number of carbonyl (C=O) groups excluding carboxylic acids is 1. The van der Waals surface area contributed by atoms with Crippen molar-refractivity contribution < 1.29 is 36.5 Å². The van der Waals surface area contributed by atoms with Gasteiger partial charge in [-0.2, -0.15) is 0 Å². The number of ether oxygens (including phenoxy) is 2. The number of thiophene rings is 1. The van der Waals surface area contributed by atoms with Crippen LogP contribution in [0.3, 0.4) is 0 Å². The maximum absolute atomic E-state index is 13.3. The molecule has 2 heterocycles. The first-order chi connectivity index (χ1) is 20.5. The molecule has 0 radical (unpaired) electrons. The third-order valence-corrected chi connectivity index (χ3v) is 10.5. The Morgan fingerprint density at radius 2 is 1.73 bits per heavy atom. The number of hydrogen-bond donors (Lipinski definition) is 3. The Kier molecular flexibility index (Phi) is 8.78. The van der Waals surface area contributed by atoms with Crippen molar-refractivity contribution in [2.45, 2.75) is 52.0 Å². The molecule has 13 heteroatoms. The first-order valence-corrected chi connectivity index (χ1v) is 16.6. The summed E-state index contributed by atoms with van der Waals surface area (Å²) in [5, 5.41) is 4.02. The van der Waals surface area contributed by atoms with Crippen molar-refractivity contribution in [1.82, 2.24) is 0 Å². The zero-order valence-electron chi connectivity index (χ0n) is 24.4. The summed E-state index contributed by atoms with van der Waals surface area (Å²) in [6, 6.07) is 16.5. The minimum absolute atomic E-state index is 0.225. The van der Waals surface area contributed by atoms with Crippen LogP contribution in [0, 0.1) is 0 Å². The van der Waals surface area contributed by atoms with Gasteiger partial charge < -0.3 is 14.8 Å². The van der Waals surface area contributed by atoms with Gasteiger partial charge in [-0.15, -0.1) is 35.3 Å². The molecule has 0 aliphatic carbocycles. The Balaban J connectivity index is 1.42. The standard InChI is InChI=1S/C31H32ClF3N2O5S2/c1-18(2)41-25-14-21(15-26(17-25)42-31(33,34)35)30(3,4)20-12-22(32)16-23(13-20)36-29(38)28-11-19-10-24(6-7-27(19)43-28)37-8-5-9-44(37,39)40/h6-7,10-18,39-40H,5,8-9H2,1-4H3,(H,36,38). The van der Waals surface area contributed by atoms with E-state index in [9.17, 15) is 27.1 Å². The average molecular weight is 669 g/mol. The number of benzene rings is 3. The van der Waals surface area contributed by atoms with Gasteiger partial charge in [0, 0.05) is 33.4 Å². The van der Waals surface area contributed by atoms with Gasteiger partial charge in [-0.1, -0.05) is 25.4 Å². The predicted molar refractivity (Wildman–Crippen MR) is 172 cm³/mol. The molecule has 236 valence electrons. The summed E-state index contributed by atoms with van der Waals surface area (Å²) in [6.45, 7) is 7.74. The van der Waals surface area contributed by atoms with E-state index in [1.165, 1.54) is 23.5 Å². The Bertz CT molecular complexity index is 1710. The van der Waals surface area contributed by atoms with E-state index in [4.69, 9.17) is 16.3 Å². The van der Waals surface area contributed by atoms with E-state index < -0.39 is 28.3 Å². The molecule has 1 aliphatic heterocycles. The van der Waals surface area contributed by atoms with Gasteiger partial charge in [0.05, 0.1) is 22.4 Å². The zero-order chi connectivity index (χ0) is 32.0. The van der Waals surface area contributed by atoms with Crippen molar-refractivity contribution in [2.75, 3.05) is 21.9 Å². The minimum Gasteiger partial charge on any atom is -0.491 e. The largest absolute Gasteiger partial charge is 0.573 e. The van der Waals surface area contributed by atoms with Crippen LogP contribution in [0.25, 0.3) is 10.1 Å². The summed E-state index contributed by atoms with van der Waals surface area (Å²) >= 11 is 7.77. The zero-order valence-corrected chi connectivity index (χ0v) is 26.8. The molecule has 0 unspecified atom stereocenters. The van der Waals surface area contributed by atoms with E-state index >= 15 is 0 Å². The topological polar surface area (TPSA) is 91.3 Å². The molecule has 1 amide bonds. The minimum atomic E-state index is -4.88. The summed E-state index contributed by atoms with van der Waals surface area (Å²) < 4.78 is 72.4. The molecule has 44 heavy (non-hydrogen) atoms. The molecule has 3 aromatic carbocycles. The third-order valence-electron chi connectivity index (χ3n) is 7.23. The van der Waals surface area contributed by atoms with Crippen LogP contribution < -0.4 is 19.1 Å². The molecular weight excluding hydrogens is 637 g/mol. The van der Waals surface area contributed by atoms with Crippen LogP contribution in [0.5, 0.6) is 11.5 Å². The Morgan fingerprint density at radius 1 is 1.02 bits per heavy atom. The molecule has 1 aliphatic rings. The Labute approximate surface area is 264 Å². The molecule has 7 nitrogen and oxygen atoms in total. The van der Waals surface area contributed by atoms with Crippen LogP contribution in [0.2, 0.25) is 5.02 Å². The van der Waals surface area contributed by atoms with Crippen LogP contribution >= 0.6 is 33.7 Å². The summed E-state index contributed by atoms with van der Waals surface area (Å²) in [7, 11) is -2.84. The summed E-state index contributed by atoms with van der Waals surface area (Å²) in [5.41, 5.74) is 1.36. The quantitative estimate of drug-likeness (QED) is 0.173. The number of fused-ring (bicyclic) bond motifs is 1. The number of nitrogens with zero attached hydrogens (tertiary/aromatic N) is 1. The van der Waals surface area contributed by atoms with Crippen molar-refractivity contribution in [3.8, 4) is 11.5 Å². The normalized spacial score (nSPS) is 15.9. The molecule has 1 fully saturated rings. The SMILES string of the molecule is CC(C)Oc1cc(OC(F)(F)F)cc(C(C)(C)c2cc(Cl)cc(NC(=O)c3cc4cc(N5CCCS5(O)O)ccc4s3)c2)c1. The van der Waals surface area contributed by atoms with Crippen molar-refractivity contribution in [3.05, 3.63) is 81.7 Å². The fourth-order valence-corrected chi connectivity index (χ4v) is 7.88. The second kappa shape index (κ2) is 12.0. The highest BCUT2D eigenvalue weighted by Gasteiger charge is 2.33. The average Bonchev–Trinajstić information content (AvgIpc) is 3.48. The lowest BCUT2D eigenvalue weighted by Gasteiger charge is -2.38. The fourth-order valence-electron chi connectivity index (χ4n) is 5.10. The number of anilines is 2. The maximum atomic E-state index is 13.3. The number of carbonyl (C=O) groups is 1. The van der Waals surface area contributed by atoms with Gasteiger partial charge in [0.15, 0.2) is 0 Å². The van der Waals surface area contributed by atoms with Crippen LogP contribution in [-0.2, 0) is 5.41 Å². The van der Waals surface area contributed by atoms with Crippen molar-refractivity contribution in [1.29, 1.82) is 0 Å². The van der Waals surface area contributed by atoms with Crippen molar-refractivity contribution in [3.63, 3.8) is 0 Å². The molecule has 1 aromatic heterocycles. The predicted octanol–water partition coefficient (Wildman–Crippen LogP) is 9.69. The smallest absolute Gasteiger partial charge is 0.491 e. The van der Waals surface area contributed by atoms with E-state index in [0.29, 0.717) is 51.1 Å². The van der Waals surface area contributed by atoms with Crippen LogP contribution in [0.1, 0.15) is 54.9 Å². The second-order valence-electron chi connectivity index (χ2n) is 11.3. The lowest BCUT2D eigenvalue weighted by molar-refractivity contribution is -0.274. The Hall–Kier alpha value is -3.16. The Morgan fingerprint density at radius 3 is 2.39 bits per heavy atom. The van der Waals surface area contributed by atoms with E-state index in [1.807, 2.05) is 32.0 Å². The molecule has 3 N–H and O–H groups in total. The monoisotopic (exact) mass is 668 g/mol. The number of amides is 1. The highest BCUT2D eigenvalue weighted by molar-refractivity contribution is 8.25. The molecule has 0 saturated carbocycles. The highest BCUT2D eigenvalue weighted by Crippen LogP contribution is 2.51. The van der Waals surface area contributed by atoms with Gasteiger partial charge in [-0.3, -0.25) is 18.2 Å². The number of rotatable bonds is 8. The van der Waals surface area contributed by atoms with E-state index in [-0.39, 0.29) is 17.8 Å². The van der Waals surface area contributed by atoms with Crippen LogP contribution in [-0.4, -0.2) is 39.8 Å². The van der Waals surface area contributed by atoms with Gasteiger partial charge >= 0.3 is 6.36 Å². The van der Waals surface area contributed by atoms with Crippen LogP contribution in [0.15, 0.2) is 60.7 Å². The van der Waals surface area contributed by atoms with Gasteiger partial charge in [-0.25, -0.2) is 0 Å². The maximum Gasteiger partial charge on any atom is 0.573 e. The summed E-state index contributed by atoms with van der Waals surface area (Å²) in [5.74, 6) is -0.210. The third kappa shape index (κ3) is 7.21. The highest BCUT2D eigenvalue weighted by atomic mass is 35.5. The number of nitrogens with one attached hydrogen (secondary N) is 1.